The number of carbonyl (C=O) groups excluding carboxylic acids is 3. The molecule has 1 aliphatic rings. The Kier molecular flexibility index (Phi) is 9.23. The Hall–Kier alpha value is -3.59. The van der Waals surface area contributed by atoms with E-state index in [9.17, 15) is 14.4 Å². The Morgan fingerprint density at radius 1 is 1.06 bits per heavy atom. The number of ether oxygens (including phenoxy) is 3. The Bertz CT molecular complexity index is 994. The number of amidine groups is 1. The van der Waals surface area contributed by atoms with Crippen molar-refractivity contribution in [2.45, 2.75) is 25.8 Å². The van der Waals surface area contributed by atoms with E-state index in [4.69, 9.17) is 20.6 Å². The maximum Gasteiger partial charge on any atom is 0.309 e. The average molecular weight is 476 g/mol. The van der Waals surface area contributed by atoms with E-state index < -0.39 is 24.6 Å². The van der Waals surface area contributed by atoms with Crippen LogP contribution < -0.4 is 15.8 Å². The van der Waals surface area contributed by atoms with Crippen molar-refractivity contribution in [3.63, 3.8) is 0 Å². The van der Waals surface area contributed by atoms with E-state index in [-0.39, 0.29) is 43.2 Å². The van der Waals surface area contributed by atoms with Crippen LogP contribution in [0.3, 0.4) is 0 Å². The first-order valence-corrected chi connectivity index (χ1v) is 10.1. The number of benzene rings is 2. The standard InChI is InChI=1S/C23H25N3O6.ClH/c1-14(27)31-13-32-21(28)11-18-10-19(26-23(18)29)12-30-20-8-6-16(7-9-20)15-2-4-17(5-3-15)22(24)25;/h2-9,18-19H,10-13H2,1H3,(H3,24,25)(H,26,29);1H/t18-,19-;/m0./s1. The van der Waals surface area contributed by atoms with Gasteiger partial charge in [0.05, 0.1) is 18.4 Å². The number of esters is 2. The minimum Gasteiger partial charge on any atom is -0.491 e. The second-order valence-electron chi connectivity index (χ2n) is 7.44. The number of halogens is 1. The van der Waals surface area contributed by atoms with Gasteiger partial charge in [0.2, 0.25) is 12.7 Å². The highest BCUT2D eigenvalue weighted by molar-refractivity contribution is 5.95. The zero-order chi connectivity index (χ0) is 23.1. The van der Waals surface area contributed by atoms with Crippen LogP contribution in [0.5, 0.6) is 5.75 Å². The van der Waals surface area contributed by atoms with Gasteiger partial charge in [0.15, 0.2) is 0 Å². The zero-order valence-corrected chi connectivity index (χ0v) is 18.9. The third-order valence-electron chi connectivity index (χ3n) is 5.02. The third kappa shape index (κ3) is 7.50. The van der Waals surface area contributed by atoms with Gasteiger partial charge in [0.25, 0.3) is 0 Å². The molecule has 1 amide bonds. The summed E-state index contributed by atoms with van der Waals surface area (Å²) in [6, 6.07) is 14.7. The highest BCUT2D eigenvalue weighted by Gasteiger charge is 2.34. The second-order valence-corrected chi connectivity index (χ2v) is 7.44. The van der Waals surface area contributed by atoms with Crippen molar-refractivity contribution in [3.05, 3.63) is 54.1 Å². The summed E-state index contributed by atoms with van der Waals surface area (Å²) in [5.74, 6) is -1.19. The molecule has 1 aliphatic heterocycles. The molecule has 0 aliphatic carbocycles. The predicted octanol–water partition coefficient (Wildman–Crippen LogP) is 2.40. The van der Waals surface area contributed by atoms with Crippen LogP contribution in [0.1, 0.15) is 25.3 Å². The quantitative estimate of drug-likeness (QED) is 0.219. The molecule has 33 heavy (non-hydrogen) atoms. The Morgan fingerprint density at radius 2 is 1.67 bits per heavy atom. The van der Waals surface area contributed by atoms with Gasteiger partial charge in [-0.2, -0.15) is 0 Å². The molecule has 0 saturated carbocycles. The molecule has 1 heterocycles. The Labute approximate surface area is 197 Å². The molecule has 0 spiro atoms. The molecule has 9 nitrogen and oxygen atoms in total. The van der Waals surface area contributed by atoms with Gasteiger partial charge in [-0.3, -0.25) is 19.8 Å². The van der Waals surface area contributed by atoms with Crippen molar-refractivity contribution in [1.29, 1.82) is 5.41 Å². The van der Waals surface area contributed by atoms with Crippen molar-refractivity contribution in [1.82, 2.24) is 5.32 Å². The van der Waals surface area contributed by atoms with Crippen molar-refractivity contribution < 1.29 is 28.6 Å². The SMILES string of the molecule is CC(=O)OCOC(=O)C[C@@H]1C[C@@H](COc2ccc(-c3ccc(C(=N)N)cc3)cc2)NC1=O.Cl. The fourth-order valence-corrected chi connectivity index (χ4v) is 3.34. The Morgan fingerprint density at radius 3 is 2.24 bits per heavy atom. The van der Waals surface area contributed by atoms with Gasteiger partial charge in [0, 0.05) is 12.5 Å². The second kappa shape index (κ2) is 11.9. The van der Waals surface area contributed by atoms with Gasteiger partial charge < -0.3 is 25.3 Å². The molecule has 3 rings (SSSR count). The number of rotatable bonds is 9. The van der Waals surface area contributed by atoms with Gasteiger partial charge >= 0.3 is 11.9 Å². The lowest BCUT2D eigenvalue weighted by Gasteiger charge is -2.12. The van der Waals surface area contributed by atoms with E-state index in [1.165, 1.54) is 6.92 Å². The minimum absolute atomic E-state index is 0. The summed E-state index contributed by atoms with van der Waals surface area (Å²) in [6.45, 7) is 1.03. The van der Waals surface area contributed by atoms with Crippen LogP contribution in [0, 0.1) is 11.3 Å². The molecule has 10 heteroatoms. The number of nitrogens with two attached hydrogens (primary N) is 1. The summed E-state index contributed by atoms with van der Waals surface area (Å²) in [5, 5.41) is 10.3. The molecule has 0 bridgehead atoms. The van der Waals surface area contributed by atoms with Crippen molar-refractivity contribution in [3.8, 4) is 16.9 Å². The lowest BCUT2D eigenvalue weighted by molar-refractivity contribution is -0.166. The van der Waals surface area contributed by atoms with Crippen molar-refractivity contribution in [2.24, 2.45) is 11.7 Å². The highest BCUT2D eigenvalue weighted by Crippen LogP contribution is 2.24. The Balaban J connectivity index is 0.00000385. The van der Waals surface area contributed by atoms with Crippen LogP contribution in [0.15, 0.2) is 48.5 Å². The van der Waals surface area contributed by atoms with Crippen LogP contribution >= 0.6 is 12.4 Å². The van der Waals surface area contributed by atoms with Gasteiger partial charge in [-0.05, 0) is 29.7 Å². The fourth-order valence-electron chi connectivity index (χ4n) is 3.34. The number of carbonyl (C=O) groups is 3. The van der Waals surface area contributed by atoms with Crippen LogP contribution in [-0.2, 0) is 23.9 Å². The van der Waals surface area contributed by atoms with Gasteiger partial charge in [-0.1, -0.05) is 36.4 Å². The van der Waals surface area contributed by atoms with Crippen LogP contribution in [0.4, 0.5) is 0 Å². The van der Waals surface area contributed by atoms with E-state index in [0.29, 0.717) is 17.7 Å². The molecule has 4 N–H and O–H groups in total. The lowest BCUT2D eigenvalue weighted by Crippen LogP contribution is -2.31. The van der Waals surface area contributed by atoms with Crippen molar-refractivity contribution in [2.75, 3.05) is 13.4 Å². The smallest absolute Gasteiger partial charge is 0.309 e. The number of nitrogen functional groups attached to an aromatic ring is 1. The minimum atomic E-state index is -0.597. The number of amides is 1. The molecule has 2 aromatic carbocycles. The summed E-state index contributed by atoms with van der Waals surface area (Å²) >= 11 is 0. The van der Waals surface area contributed by atoms with Crippen LogP contribution in [-0.4, -0.2) is 43.1 Å². The lowest BCUT2D eigenvalue weighted by atomic mass is 10.0. The molecule has 0 unspecified atom stereocenters. The monoisotopic (exact) mass is 475 g/mol. The van der Waals surface area contributed by atoms with Gasteiger partial charge in [0.1, 0.15) is 18.2 Å². The maximum absolute atomic E-state index is 12.1. The largest absolute Gasteiger partial charge is 0.491 e. The number of hydrogen-bond donors (Lipinski definition) is 3. The van der Waals surface area contributed by atoms with Crippen LogP contribution in [0.25, 0.3) is 11.1 Å². The number of hydrogen-bond acceptors (Lipinski definition) is 7. The predicted molar refractivity (Wildman–Crippen MR) is 123 cm³/mol. The molecule has 0 aromatic heterocycles. The molecular formula is C23H26ClN3O6. The maximum atomic E-state index is 12.1. The van der Waals surface area contributed by atoms with E-state index >= 15 is 0 Å². The highest BCUT2D eigenvalue weighted by atomic mass is 35.5. The molecular weight excluding hydrogens is 450 g/mol. The van der Waals surface area contributed by atoms with E-state index in [1.807, 2.05) is 36.4 Å². The summed E-state index contributed by atoms with van der Waals surface area (Å²) in [6.07, 6.45) is 0.364. The molecule has 1 saturated heterocycles. The number of nitrogens with one attached hydrogen (secondary N) is 2. The molecule has 2 aromatic rings. The third-order valence-corrected chi connectivity index (χ3v) is 5.02. The summed E-state index contributed by atoms with van der Waals surface area (Å²) < 4.78 is 15.1. The summed E-state index contributed by atoms with van der Waals surface area (Å²) in [7, 11) is 0. The average Bonchev–Trinajstić information content (AvgIpc) is 3.11. The van der Waals surface area contributed by atoms with Crippen molar-refractivity contribution >= 4 is 36.1 Å². The van der Waals surface area contributed by atoms with E-state index in [0.717, 1.165) is 11.1 Å². The first-order valence-electron chi connectivity index (χ1n) is 10.1. The first kappa shape index (κ1) is 25.7. The summed E-state index contributed by atoms with van der Waals surface area (Å²) in [5.41, 5.74) is 8.14. The molecule has 0 radical (unpaired) electrons. The fraction of sp³-hybridized carbons (Fsp3) is 0.304. The van der Waals surface area contributed by atoms with Crippen LogP contribution in [0.2, 0.25) is 0 Å². The molecule has 1 fully saturated rings. The van der Waals surface area contributed by atoms with E-state index in [1.54, 1.807) is 12.1 Å². The summed E-state index contributed by atoms with van der Waals surface area (Å²) in [4.78, 5) is 34.5. The normalized spacial score (nSPS) is 16.8. The first-order chi connectivity index (χ1) is 15.3. The zero-order valence-electron chi connectivity index (χ0n) is 18.0. The van der Waals surface area contributed by atoms with Gasteiger partial charge in [-0.25, -0.2) is 0 Å². The molecule has 176 valence electrons. The van der Waals surface area contributed by atoms with Gasteiger partial charge in [-0.15, -0.1) is 12.4 Å². The topological polar surface area (TPSA) is 141 Å². The molecule has 2 atom stereocenters. The van der Waals surface area contributed by atoms with E-state index in [2.05, 4.69) is 10.1 Å².